The Morgan fingerprint density at radius 1 is 0.740 bits per heavy atom. The Bertz CT molecular complexity index is 1890. The van der Waals surface area contributed by atoms with Crippen LogP contribution < -0.4 is 0 Å². The van der Waals surface area contributed by atoms with E-state index in [-0.39, 0.29) is 18.9 Å². The van der Waals surface area contributed by atoms with Crippen LogP contribution in [-0.2, 0) is 21.5 Å². The van der Waals surface area contributed by atoms with E-state index in [4.69, 9.17) is 0 Å². The molecule has 6 rings (SSSR count). The molecule has 2 atom stereocenters. The van der Waals surface area contributed by atoms with Gasteiger partial charge in [-0.3, -0.25) is 4.79 Å². The first-order valence-corrected chi connectivity index (χ1v) is 17.1. The molecule has 0 aliphatic rings. The Kier molecular flexibility index (Phi) is 10.6. The van der Waals surface area contributed by atoms with Crippen LogP contribution in [-0.4, -0.2) is 48.5 Å². The zero-order valence-electron chi connectivity index (χ0n) is 28.3. The van der Waals surface area contributed by atoms with Crippen LogP contribution in [0.25, 0.3) is 22.5 Å². The lowest BCUT2D eigenvalue weighted by molar-refractivity contribution is -0.154. The van der Waals surface area contributed by atoms with Crippen LogP contribution in [0.1, 0.15) is 55.4 Å². The Labute approximate surface area is 292 Å². The summed E-state index contributed by atoms with van der Waals surface area (Å²) < 4.78 is 0. The fourth-order valence-electron chi connectivity index (χ4n) is 7.25. The van der Waals surface area contributed by atoms with Crippen molar-refractivity contribution in [3.05, 3.63) is 162 Å². The van der Waals surface area contributed by atoms with Crippen LogP contribution in [0.15, 0.2) is 140 Å². The third-order valence-electron chi connectivity index (χ3n) is 9.63. The molecule has 8 nitrogen and oxygen atoms in total. The molecule has 1 amide bonds. The van der Waals surface area contributed by atoms with E-state index in [0.717, 1.165) is 45.4 Å². The van der Waals surface area contributed by atoms with Crippen molar-refractivity contribution in [2.24, 2.45) is 5.92 Å². The zero-order chi connectivity index (χ0) is 34.9. The van der Waals surface area contributed by atoms with E-state index >= 15 is 0 Å². The number of hydrogen-bond acceptors (Lipinski definition) is 5. The molecule has 1 aromatic heterocycles. The van der Waals surface area contributed by atoms with E-state index in [1.807, 2.05) is 117 Å². The lowest BCUT2D eigenvalue weighted by Crippen LogP contribution is -2.54. The summed E-state index contributed by atoms with van der Waals surface area (Å²) in [6, 6.07) is 44.8. The molecule has 5 aromatic carbocycles. The van der Waals surface area contributed by atoms with Crippen molar-refractivity contribution in [1.29, 1.82) is 0 Å². The van der Waals surface area contributed by atoms with Crippen molar-refractivity contribution in [2.45, 2.75) is 51.1 Å². The van der Waals surface area contributed by atoms with Gasteiger partial charge in [-0.25, -0.2) is 4.79 Å². The number of nitrogens with one attached hydrogen (secondary N) is 1. The van der Waals surface area contributed by atoms with E-state index < -0.39 is 23.3 Å². The number of aromatic amines is 1. The summed E-state index contributed by atoms with van der Waals surface area (Å²) in [4.78, 5) is 29.5. The van der Waals surface area contributed by atoms with E-state index in [0.29, 0.717) is 12.2 Å². The predicted octanol–water partition coefficient (Wildman–Crippen LogP) is 8.18. The highest BCUT2D eigenvalue weighted by molar-refractivity contribution is 5.85. The molecule has 6 aromatic rings. The van der Waals surface area contributed by atoms with Crippen molar-refractivity contribution in [2.75, 3.05) is 0 Å². The van der Waals surface area contributed by atoms with Crippen LogP contribution in [0.5, 0.6) is 0 Å². The Balaban J connectivity index is 1.45. The van der Waals surface area contributed by atoms with Crippen molar-refractivity contribution >= 4 is 11.9 Å². The van der Waals surface area contributed by atoms with E-state index in [2.05, 4.69) is 57.0 Å². The predicted molar refractivity (Wildman–Crippen MR) is 195 cm³/mol. The van der Waals surface area contributed by atoms with E-state index in [1.54, 1.807) is 4.90 Å². The van der Waals surface area contributed by atoms with Gasteiger partial charge in [0.15, 0.2) is 0 Å². The monoisotopic (exact) mass is 663 g/mol. The number of aromatic nitrogens is 4. The highest BCUT2D eigenvalue weighted by atomic mass is 16.4. The summed E-state index contributed by atoms with van der Waals surface area (Å²) in [5.41, 5.74) is 5.54. The fraction of sp³-hybridized carbons (Fsp3) is 0.214. The Morgan fingerprint density at radius 2 is 1.26 bits per heavy atom. The second-order valence-corrected chi connectivity index (χ2v) is 12.6. The lowest BCUT2D eigenvalue weighted by Gasteiger charge is -2.46. The number of nitrogens with zero attached hydrogens (tertiary/aromatic N) is 4. The highest BCUT2D eigenvalue weighted by Gasteiger charge is 2.49. The Morgan fingerprint density at radius 3 is 1.74 bits per heavy atom. The smallest absolute Gasteiger partial charge is 0.326 e. The fourth-order valence-corrected chi connectivity index (χ4v) is 7.25. The minimum Gasteiger partial charge on any atom is -0.480 e. The third kappa shape index (κ3) is 6.83. The molecule has 0 aliphatic carbocycles. The van der Waals surface area contributed by atoms with Crippen LogP contribution in [0.2, 0.25) is 0 Å². The van der Waals surface area contributed by atoms with Crippen LogP contribution >= 0.6 is 0 Å². The van der Waals surface area contributed by atoms with Gasteiger partial charge in [-0.15, -0.1) is 10.2 Å². The molecule has 50 heavy (non-hydrogen) atoms. The molecule has 0 saturated heterocycles. The molecule has 0 aliphatic heterocycles. The minimum atomic E-state index is -1.15. The number of H-pyrrole nitrogens is 1. The van der Waals surface area contributed by atoms with E-state index in [1.165, 1.54) is 0 Å². The van der Waals surface area contributed by atoms with Gasteiger partial charge in [-0.2, -0.15) is 5.21 Å². The van der Waals surface area contributed by atoms with Crippen LogP contribution in [0.4, 0.5) is 0 Å². The number of tetrazole rings is 1. The van der Waals surface area contributed by atoms with Crippen molar-refractivity contribution in [3.63, 3.8) is 0 Å². The summed E-state index contributed by atoms with van der Waals surface area (Å²) in [7, 11) is 0. The number of benzene rings is 5. The van der Waals surface area contributed by atoms with Crippen LogP contribution in [0, 0.1) is 5.92 Å². The molecule has 8 heteroatoms. The first-order valence-electron chi connectivity index (χ1n) is 17.1. The van der Waals surface area contributed by atoms with Gasteiger partial charge in [0.05, 0.1) is 5.41 Å². The van der Waals surface area contributed by atoms with Gasteiger partial charge in [-0.05, 0) is 45.0 Å². The van der Waals surface area contributed by atoms with Crippen molar-refractivity contribution < 1.29 is 14.7 Å². The first kappa shape index (κ1) is 34.0. The largest absolute Gasteiger partial charge is 0.480 e. The molecular formula is C42H41N5O3. The topological polar surface area (TPSA) is 112 Å². The van der Waals surface area contributed by atoms with E-state index in [9.17, 15) is 14.7 Å². The number of carboxylic acid groups (broad SMARTS) is 1. The molecule has 0 radical (unpaired) electrons. The molecule has 252 valence electrons. The SMILES string of the molecule is CCCCC(=O)N(Cc1ccc(-c2ccccc2-c2nn[nH]n2)cc1)[C@H](C(=O)O)C(C)C(c1ccccc1)(c1ccccc1)c1ccccc1. The molecular weight excluding hydrogens is 622 g/mol. The second-order valence-electron chi connectivity index (χ2n) is 12.6. The molecule has 2 N–H and O–H groups in total. The molecule has 0 fully saturated rings. The molecule has 0 bridgehead atoms. The lowest BCUT2D eigenvalue weighted by atomic mass is 9.60. The maximum Gasteiger partial charge on any atom is 0.326 e. The van der Waals surface area contributed by atoms with Gasteiger partial charge < -0.3 is 10.0 Å². The number of aliphatic carboxylic acids is 1. The van der Waals surface area contributed by atoms with Crippen molar-refractivity contribution in [1.82, 2.24) is 25.5 Å². The molecule has 1 heterocycles. The second kappa shape index (κ2) is 15.6. The number of rotatable bonds is 14. The van der Waals surface area contributed by atoms with Gasteiger partial charge in [0.25, 0.3) is 0 Å². The van der Waals surface area contributed by atoms with Gasteiger partial charge in [-0.1, -0.05) is 160 Å². The number of carboxylic acids is 1. The van der Waals surface area contributed by atoms with Gasteiger partial charge in [0.2, 0.25) is 11.7 Å². The van der Waals surface area contributed by atoms with Gasteiger partial charge in [0.1, 0.15) is 6.04 Å². The molecule has 0 spiro atoms. The minimum absolute atomic E-state index is 0.144. The Hall–Kier alpha value is -5.89. The molecule has 0 saturated carbocycles. The summed E-state index contributed by atoms with van der Waals surface area (Å²) >= 11 is 0. The van der Waals surface area contributed by atoms with Gasteiger partial charge in [0, 0.05) is 24.4 Å². The highest BCUT2D eigenvalue weighted by Crippen LogP contribution is 2.47. The standard InChI is InChI=1S/C42H41N5O3/c1-3-4-24-38(48)47(29-31-25-27-32(28-26-31)36-22-14-15-23-37(36)40-43-45-46-44-40)39(41(49)50)30(2)42(33-16-8-5-9-17-33,34-18-10-6-11-19-34)35-20-12-7-13-21-35/h5-23,25-28,30,39H,3-4,24,29H2,1-2H3,(H,49,50)(H,43,44,45,46)/t30?,39-/m0/s1. The maximum atomic E-state index is 14.2. The summed E-state index contributed by atoms with van der Waals surface area (Å²) in [6.07, 6.45) is 1.75. The zero-order valence-corrected chi connectivity index (χ0v) is 28.3. The quantitative estimate of drug-likeness (QED) is 0.114. The number of unbranched alkanes of at least 4 members (excludes halogenated alkanes) is 1. The molecule has 1 unspecified atom stereocenters. The average Bonchev–Trinajstić information content (AvgIpc) is 3.71. The summed E-state index contributed by atoms with van der Waals surface area (Å²) in [5.74, 6) is -1.31. The number of carbonyl (C=O) groups excluding carboxylic acids is 1. The first-order chi connectivity index (χ1) is 24.4. The summed E-state index contributed by atoms with van der Waals surface area (Å²) in [6.45, 7) is 4.15. The number of carbonyl (C=O) groups is 2. The van der Waals surface area contributed by atoms with Crippen LogP contribution in [0.3, 0.4) is 0 Å². The third-order valence-corrected chi connectivity index (χ3v) is 9.63. The number of hydrogen-bond donors (Lipinski definition) is 2. The maximum absolute atomic E-state index is 14.2. The normalized spacial score (nSPS) is 12.6. The summed E-state index contributed by atoms with van der Waals surface area (Å²) in [5, 5.41) is 25.7. The number of amides is 1. The van der Waals surface area contributed by atoms with Gasteiger partial charge >= 0.3 is 5.97 Å². The average molecular weight is 664 g/mol. The van der Waals surface area contributed by atoms with Crippen molar-refractivity contribution in [3.8, 4) is 22.5 Å².